The highest BCUT2D eigenvalue weighted by atomic mass is 32.2. The molecule has 3 rings (SSSR count). The Morgan fingerprint density at radius 1 is 1.08 bits per heavy atom. The summed E-state index contributed by atoms with van der Waals surface area (Å²) in [6.45, 7) is 2.07. The van der Waals surface area contributed by atoms with Crippen molar-refractivity contribution in [3.8, 4) is 0 Å². The fourth-order valence-corrected chi connectivity index (χ4v) is 3.04. The van der Waals surface area contributed by atoms with Crippen molar-refractivity contribution in [2.75, 3.05) is 11.9 Å². The number of hydrogen-bond acceptors (Lipinski definition) is 6. The Morgan fingerprint density at radius 2 is 1.77 bits per heavy atom. The van der Waals surface area contributed by atoms with Gasteiger partial charge < -0.3 is 10.1 Å². The predicted octanol–water partition coefficient (Wildman–Crippen LogP) is 4.69. The van der Waals surface area contributed by atoms with Gasteiger partial charge in [-0.25, -0.2) is 14.8 Å². The Balaban J connectivity index is 1.83. The van der Waals surface area contributed by atoms with Crippen LogP contribution in [0.25, 0.3) is 0 Å². The second-order valence-corrected chi connectivity index (χ2v) is 6.34. The average molecular weight is 365 g/mol. The zero-order valence-electron chi connectivity index (χ0n) is 14.4. The molecule has 1 heterocycles. The van der Waals surface area contributed by atoms with Gasteiger partial charge in [0.15, 0.2) is 5.16 Å². The molecule has 0 aliphatic rings. The van der Waals surface area contributed by atoms with Crippen LogP contribution in [0.3, 0.4) is 0 Å². The van der Waals surface area contributed by atoms with E-state index in [1.165, 1.54) is 23.5 Å². The zero-order valence-corrected chi connectivity index (χ0v) is 15.2. The summed E-state index contributed by atoms with van der Waals surface area (Å²) in [6, 6.07) is 19.7. The summed E-state index contributed by atoms with van der Waals surface area (Å²) in [7, 11) is 0. The summed E-state index contributed by atoms with van der Waals surface area (Å²) < 4.78 is 5.11. The van der Waals surface area contributed by atoms with Gasteiger partial charge in [0.05, 0.1) is 6.61 Å². The van der Waals surface area contributed by atoms with E-state index in [9.17, 15) is 4.79 Å². The number of hydrogen-bond donors (Lipinski definition) is 1. The number of para-hydroxylation sites is 1. The highest BCUT2D eigenvalue weighted by Crippen LogP contribution is 2.24. The maximum Gasteiger partial charge on any atom is 0.343 e. The van der Waals surface area contributed by atoms with Gasteiger partial charge in [-0.1, -0.05) is 60.3 Å². The largest absolute Gasteiger partial charge is 0.462 e. The molecule has 132 valence electrons. The van der Waals surface area contributed by atoms with Gasteiger partial charge in [0.1, 0.15) is 11.4 Å². The maximum atomic E-state index is 12.2. The van der Waals surface area contributed by atoms with Crippen LogP contribution in [0.15, 0.2) is 72.0 Å². The van der Waals surface area contributed by atoms with Gasteiger partial charge in [0.2, 0.25) is 0 Å². The van der Waals surface area contributed by atoms with E-state index in [-0.39, 0.29) is 0 Å². The van der Waals surface area contributed by atoms with Gasteiger partial charge in [-0.05, 0) is 24.6 Å². The second-order valence-electron chi connectivity index (χ2n) is 5.40. The van der Waals surface area contributed by atoms with Gasteiger partial charge >= 0.3 is 5.97 Å². The molecule has 0 aliphatic heterocycles. The number of ether oxygens (including phenoxy) is 1. The highest BCUT2D eigenvalue weighted by Gasteiger charge is 2.16. The molecule has 6 heteroatoms. The Labute approximate surface area is 156 Å². The monoisotopic (exact) mass is 365 g/mol. The summed E-state index contributed by atoms with van der Waals surface area (Å²) in [4.78, 5) is 21.0. The Morgan fingerprint density at radius 3 is 2.46 bits per heavy atom. The Hall–Kier alpha value is -2.86. The number of nitrogens with zero attached hydrogens (tertiary/aromatic N) is 2. The Bertz CT molecular complexity index is 857. The average Bonchev–Trinajstić information content (AvgIpc) is 2.68. The van der Waals surface area contributed by atoms with Crippen LogP contribution >= 0.6 is 11.8 Å². The quantitative estimate of drug-likeness (QED) is 0.372. The fraction of sp³-hybridized carbons (Fsp3) is 0.150. The molecule has 0 saturated carbocycles. The summed E-state index contributed by atoms with van der Waals surface area (Å²) in [5.41, 5.74) is 2.35. The number of aromatic nitrogens is 2. The SMILES string of the molecule is CCOC(=O)c1cnc(SCc2ccccc2)nc1Nc1ccccc1. The van der Waals surface area contributed by atoms with Crippen molar-refractivity contribution in [3.05, 3.63) is 78.0 Å². The standard InChI is InChI=1S/C20H19N3O2S/c1-2-25-19(24)17-13-21-20(26-14-15-9-5-3-6-10-15)23-18(17)22-16-11-7-4-8-12-16/h3-13H,2,14H2,1H3,(H,21,22,23). The molecular formula is C20H19N3O2S. The van der Waals surface area contributed by atoms with Gasteiger partial charge in [-0.15, -0.1) is 0 Å². The lowest BCUT2D eigenvalue weighted by molar-refractivity contribution is 0.0526. The van der Waals surface area contributed by atoms with E-state index in [0.29, 0.717) is 23.1 Å². The van der Waals surface area contributed by atoms with Crippen LogP contribution in [0.1, 0.15) is 22.8 Å². The first-order chi connectivity index (χ1) is 12.8. The van der Waals surface area contributed by atoms with Crippen molar-refractivity contribution in [2.45, 2.75) is 17.8 Å². The first kappa shape index (κ1) is 17.9. The molecule has 0 amide bonds. The molecule has 5 nitrogen and oxygen atoms in total. The minimum atomic E-state index is -0.439. The lowest BCUT2D eigenvalue weighted by Gasteiger charge is -2.11. The maximum absolute atomic E-state index is 12.2. The molecule has 1 aromatic heterocycles. The van der Waals surface area contributed by atoms with Crippen LogP contribution in [0.2, 0.25) is 0 Å². The molecule has 26 heavy (non-hydrogen) atoms. The minimum Gasteiger partial charge on any atom is -0.462 e. The van der Waals surface area contributed by atoms with Crippen LogP contribution in [-0.4, -0.2) is 22.5 Å². The third kappa shape index (κ3) is 4.83. The molecule has 3 aromatic rings. The first-order valence-electron chi connectivity index (χ1n) is 8.29. The van der Waals surface area contributed by atoms with Crippen LogP contribution in [0.5, 0.6) is 0 Å². The van der Waals surface area contributed by atoms with Gasteiger partial charge in [0, 0.05) is 17.6 Å². The number of carbonyl (C=O) groups is 1. The van der Waals surface area contributed by atoms with Crippen LogP contribution in [0, 0.1) is 0 Å². The topological polar surface area (TPSA) is 64.1 Å². The molecular weight excluding hydrogens is 346 g/mol. The van der Waals surface area contributed by atoms with Gasteiger partial charge in [0.25, 0.3) is 0 Å². The number of anilines is 2. The highest BCUT2D eigenvalue weighted by molar-refractivity contribution is 7.98. The third-order valence-corrected chi connectivity index (χ3v) is 4.44. The van der Waals surface area contributed by atoms with Crippen molar-refractivity contribution < 1.29 is 9.53 Å². The van der Waals surface area contributed by atoms with Crippen LogP contribution < -0.4 is 5.32 Å². The van der Waals surface area contributed by atoms with E-state index in [1.54, 1.807) is 6.92 Å². The lowest BCUT2D eigenvalue weighted by atomic mass is 10.2. The van der Waals surface area contributed by atoms with Gasteiger partial charge in [-0.3, -0.25) is 0 Å². The van der Waals surface area contributed by atoms with Crippen LogP contribution in [-0.2, 0) is 10.5 Å². The van der Waals surface area contributed by atoms with E-state index in [4.69, 9.17) is 4.74 Å². The molecule has 0 spiro atoms. The van der Waals surface area contributed by atoms with Crippen molar-refractivity contribution in [1.82, 2.24) is 9.97 Å². The first-order valence-corrected chi connectivity index (χ1v) is 9.28. The normalized spacial score (nSPS) is 10.3. The Kier molecular flexibility index (Phi) is 6.22. The number of nitrogens with one attached hydrogen (secondary N) is 1. The number of rotatable bonds is 7. The smallest absolute Gasteiger partial charge is 0.343 e. The van der Waals surface area contributed by atoms with Crippen molar-refractivity contribution in [2.24, 2.45) is 0 Å². The molecule has 1 N–H and O–H groups in total. The fourth-order valence-electron chi connectivity index (χ4n) is 2.27. The molecule has 0 saturated heterocycles. The number of carbonyl (C=O) groups excluding carboxylic acids is 1. The van der Waals surface area contributed by atoms with Gasteiger partial charge in [-0.2, -0.15) is 0 Å². The third-order valence-electron chi connectivity index (χ3n) is 3.51. The second kappa shape index (κ2) is 9.01. The van der Waals surface area contributed by atoms with E-state index < -0.39 is 5.97 Å². The van der Waals surface area contributed by atoms with Crippen molar-refractivity contribution >= 4 is 29.2 Å². The molecule has 0 aliphatic carbocycles. The number of benzene rings is 2. The molecule has 0 unspecified atom stereocenters. The van der Waals surface area contributed by atoms with Crippen molar-refractivity contribution in [1.29, 1.82) is 0 Å². The summed E-state index contributed by atoms with van der Waals surface area (Å²) in [5, 5.41) is 3.78. The summed E-state index contributed by atoms with van der Waals surface area (Å²) in [6.07, 6.45) is 1.52. The zero-order chi connectivity index (χ0) is 18.2. The number of esters is 1. The molecule has 0 radical (unpaired) electrons. The molecule has 2 aromatic carbocycles. The van der Waals surface area contributed by atoms with E-state index >= 15 is 0 Å². The summed E-state index contributed by atoms with van der Waals surface area (Å²) >= 11 is 1.52. The molecule has 0 bridgehead atoms. The summed E-state index contributed by atoms with van der Waals surface area (Å²) in [5.74, 6) is 0.760. The predicted molar refractivity (Wildman–Crippen MR) is 104 cm³/mol. The number of thioether (sulfide) groups is 1. The van der Waals surface area contributed by atoms with E-state index in [2.05, 4.69) is 27.4 Å². The van der Waals surface area contributed by atoms with Crippen molar-refractivity contribution in [3.63, 3.8) is 0 Å². The van der Waals surface area contributed by atoms with Crippen LogP contribution in [0.4, 0.5) is 11.5 Å². The van der Waals surface area contributed by atoms with E-state index in [1.807, 2.05) is 48.5 Å². The van der Waals surface area contributed by atoms with E-state index in [0.717, 1.165) is 11.4 Å². The lowest BCUT2D eigenvalue weighted by Crippen LogP contribution is -2.10. The molecule has 0 atom stereocenters. The molecule has 0 fully saturated rings. The minimum absolute atomic E-state index is 0.300.